The van der Waals surface area contributed by atoms with Crippen LogP contribution in [0.3, 0.4) is 0 Å². The van der Waals surface area contributed by atoms with Gasteiger partial charge < -0.3 is 19.5 Å². The van der Waals surface area contributed by atoms with E-state index in [9.17, 15) is 14.0 Å². The molecule has 0 spiro atoms. The molecular formula is C22H24FNO5. The normalized spacial score (nSPS) is 11.7. The van der Waals surface area contributed by atoms with Gasteiger partial charge in [-0.3, -0.25) is 4.79 Å². The van der Waals surface area contributed by atoms with Crippen LogP contribution in [0.1, 0.15) is 18.1 Å². The molecule has 1 N–H and O–H groups in total. The maximum atomic E-state index is 12.9. The number of esters is 1. The van der Waals surface area contributed by atoms with Gasteiger partial charge in [0.15, 0.2) is 17.6 Å². The lowest BCUT2D eigenvalue weighted by molar-refractivity contribution is -0.150. The number of hydrogen-bond acceptors (Lipinski definition) is 5. The number of carbonyl (C=O) groups excluding carboxylic acids is 2. The predicted octanol–water partition coefficient (Wildman–Crippen LogP) is 3.15. The first-order valence-corrected chi connectivity index (χ1v) is 9.06. The Morgan fingerprint density at radius 3 is 2.48 bits per heavy atom. The molecule has 2 rings (SSSR count). The van der Waals surface area contributed by atoms with E-state index < -0.39 is 18.0 Å². The summed E-state index contributed by atoms with van der Waals surface area (Å²) in [6.45, 7) is 1.84. The second-order valence-corrected chi connectivity index (χ2v) is 6.16. The van der Waals surface area contributed by atoms with E-state index in [1.807, 2.05) is 0 Å². The third kappa shape index (κ3) is 6.64. The van der Waals surface area contributed by atoms with Gasteiger partial charge in [-0.15, -0.1) is 0 Å². The first kappa shape index (κ1) is 21.9. The van der Waals surface area contributed by atoms with Crippen LogP contribution >= 0.6 is 0 Å². The Hall–Kier alpha value is -3.35. The molecule has 0 bridgehead atoms. The maximum absolute atomic E-state index is 12.9. The highest BCUT2D eigenvalue weighted by atomic mass is 19.1. The Kier molecular flexibility index (Phi) is 8.21. The highest BCUT2D eigenvalue weighted by molar-refractivity contribution is 5.90. The van der Waals surface area contributed by atoms with Crippen LogP contribution in [0, 0.1) is 5.82 Å². The van der Waals surface area contributed by atoms with E-state index >= 15 is 0 Å². The average molecular weight is 401 g/mol. The van der Waals surface area contributed by atoms with Crippen LogP contribution in [0.25, 0.3) is 6.08 Å². The first-order chi connectivity index (χ1) is 13.9. The molecule has 0 aliphatic rings. The van der Waals surface area contributed by atoms with Gasteiger partial charge in [-0.2, -0.15) is 0 Å². The summed E-state index contributed by atoms with van der Waals surface area (Å²) >= 11 is 0. The Morgan fingerprint density at radius 1 is 1.10 bits per heavy atom. The number of ether oxygens (including phenoxy) is 3. The standard InChI is InChI=1S/C22H24FNO5/c1-15(22(26)24-14-13-16-7-10-18(23)11-8-16)29-20(25)12-9-17-5-4-6-19(27-2)21(17)28-3/h4-12,15H,13-14H2,1-3H3,(H,24,26)/b12-9+/t15-/m0/s1. The fourth-order valence-corrected chi connectivity index (χ4v) is 2.59. The Balaban J connectivity index is 1.84. The zero-order valence-electron chi connectivity index (χ0n) is 16.6. The minimum atomic E-state index is -0.951. The summed E-state index contributed by atoms with van der Waals surface area (Å²) in [5.74, 6) is -0.343. The number of para-hydroxylation sites is 1. The molecular weight excluding hydrogens is 377 g/mol. The van der Waals surface area contributed by atoms with E-state index in [2.05, 4.69) is 5.32 Å². The zero-order chi connectivity index (χ0) is 21.2. The lowest BCUT2D eigenvalue weighted by Gasteiger charge is -2.12. The molecule has 2 aromatic rings. The second-order valence-electron chi connectivity index (χ2n) is 6.16. The molecule has 154 valence electrons. The number of carbonyl (C=O) groups is 2. The van der Waals surface area contributed by atoms with E-state index in [0.29, 0.717) is 30.0 Å². The van der Waals surface area contributed by atoms with Gasteiger partial charge in [0, 0.05) is 18.2 Å². The van der Waals surface area contributed by atoms with Gasteiger partial charge in [0.25, 0.3) is 5.91 Å². The second kappa shape index (κ2) is 10.8. The summed E-state index contributed by atoms with van der Waals surface area (Å²) in [6.07, 6.45) is 2.34. The summed E-state index contributed by atoms with van der Waals surface area (Å²) in [7, 11) is 3.03. The number of rotatable bonds is 9. The summed E-state index contributed by atoms with van der Waals surface area (Å²) in [4.78, 5) is 24.1. The molecule has 29 heavy (non-hydrogen) atoms. The van der Waals surface area contributed by atoms with Crippen LogP contribution in [0.5, 0.6) is 11.5 Å². The maximum Gasteiger partial charge on any atom is 0.331 e. The number of nitrogens with one attached hydrogen (secondary N) is 1. The van der Waals surface area contributed by atoms with E-state index in [-0.39, 0.29) is 5.82 Å². The molecule has 0 unspecified atom stereocenters. The van der Waals surface area contributed by atoms with Gasteiger partial charge in [-0.05, 0) is 43.2 Å². The molecule has 2 aromatic carbocycles. The smallest absolute Gasteiger partial charge is 0.331 e. The molecule has 1 amide bonds. The molecule has 0 saturated heterocycles. The topological polar surface area (TPSA) is 73.9 Å². The monoisotopic (exact) mass is 401 g/mol. The third-order valence-corrected chi connectivity index (χ3v) is 4.12. The molecule has 0 aromatic heterocycles. The summed E-state index contributed by atoms with van der Waals surface area (Å²) in [5.41, 5.74) is 1.53. The van der Waals surface area contributed by atoms with Gasteiger partial charge in [-0.1, -0.05) is 24.3 Å². The highest BCUT2D eigenvalue weighted by Gasteiger charge is 2.16. The SMILES string of the molecule is COc1cccc(/C=C/C(=O)O[C@@H](C)C(=O)NCCc2ccc(F)cc2)c1OC. The van der Waals surface area contributed by atoms with Crippen molar-refractivity contribution in [1.29, 1.82) is 0 Å². The number of hydrogen-bond donors (Lipinski definition) is 1. The Morgan fingerprint density at radius 2 is 1.83 bits per heavy atom. The van der Waals surface area contributed by atoms with Crippen molar-refractivity contribution in [2.75, 3.05) is 20.8 Å². The fraction of sp³-hybridized carbons (Fsp3) is 0.273. The van der Waals surface area contributed by atoms with Crippen LogP contribution in [0.2, 0.25) is 0 Å². The fourth-order valence-electron chi connectivity index (χ4n) is 2.59. The van der Waals surface area contributed by atoms with Crippen molar-refractivity contribution in [1.82, 2.24) is 5.32 Å². The minimum Gasteiger partial charge on any atom is -0.493 e. The van der Waals surface area contributed by atoms with Gasteiger partial charge in [-0.25, -0.2) is 9.18 Å². The zero-order valence-corrected chi connectivity index (χ0v) is 16.6. The van der Waals surface area contributed by atoms with Gasteiger partial charge in [0.05, 0.1) is 14.2 Å². The van der Waals surface area contributed by atoms with Crippen molar-refractivity contribution in [3.05, 3.63) is 65.5 Å². The molecule has 0 radical (unpaired) electrons. The van der Waals surface area contributed by atoms with Gasteiger partial charge in [0.1, 0.15) is 5.82 Å². The van der Waals surface area contributed by atoms with Crippen LogP contribution in [-0.4, -0.2) is 38.7 Å². The molecule has 6 nitrogen and oxygen atoms in total. The molecule has 0 fully saturated rings. The molecule has 0 aliphatic heterocycles. The number of methoxy groups -OCH3 is 2. The van der Waals surface area contributed by atoms with E-state index in [4.69, 9.17) is 14.2 Å². The molecule has 0 saturated carbocycles. The predicted molar refractivity (Wildman–Crippen MR) is 107 cm³/mol. The third-order valence-electron chi connectivity index (χ3n) is 4.12. The van der Waals surface area contributed by atoms with E-state index in [0.717, 1.165) is 5.56 Å². The average Bonchev–Trinajstić information content (AvgIpc) is 2.73. The minimum absolute atomic E-state index is 0.307. The largest absolute Gasteiger partial charge is 0.493 e. The first-order valence-electron chi connectivity index (χ1n) is 9.06. The van der Waals surface area contributed by atoms with Crippen molar-refractivity contribution in [3.8, 4) is 11.5 Å². The number of amides is 1. The Labute approximate surface area is 169 Å². The molecule has 1 atom stereocenters. The summed E-state index contributed by atoms with van der Waals surface area (Å²) in [6, 6.07) is 11.3. The molecule has 0 aliphatic carbocycles. The number of benzene rings is 2. The van der Waals surface area contributed by atoms with E-state index in [1.165, 1.54) is 45.4 Å². The summed E-state index contributed by atoms with van der Waals surface area (Å²) < 4.78 is 28.5. The van der Waals surface area contributed by atoms with Crippen LogP contribution < -0.4 is 14.8 Å². The van der Waals surface area contributed by atoms with Gasteiger partial charge >= 0.3 is 5.97 Å². The lowest BCUT2D eigenvalue weighted by Crippen LogP contribution is -2.36. The Bertz CT molecular complexity index is 864. The van der Waals surface area contributed by atoms with Crippen molar-refractivity contribution >= 4 is 18.0 Å². The number of halogens is 1. The van der Waals surface area contributed by atoms with Crippen molar-refractivity contribution in [3.63, 3.8) is 0 Å². The molecule has 7 heteroatoms. The quantitative estimate of drug-likeness (QED) is 0.516. The summed E-state index contributed by atoms with van der Waals surface area (Å²) in [5, 5.41) is 2.69. The van der Waals surface area contributed by atoms with Crippen LogP contribution in [0.4, 0.5) is 4.39 Å². The van der Waals surface area contributed by atoms with Crippen molar-refractivity contribution in [2.45, 2.75) is 19.4 Å². The van der Waals surface area contributed by atoms with Crippen LogP contribution in [0.15, 0.2) is 48.5 Å². The van der Waals surface area contributed by atoms with Crippen LogP contribution in [-0.2, 0) is 20.7 Å². The van der Waals surface area contributed by atoms with Crippen molar-refractivity contribution in [2.24, 2.45) is 0 Å². The highest BCUT2D eigenvalue weighted by Crippen LogP contribution is 2.31. The van der Waals surface area contributed by atoms with E-state index in [1.54, 1.807) is 30.3 Å². The van der Waals surface area contributed by atoms with Crippen molar-refractivity contribution < 1.29 is 28.2 Å². The lowest BCUT2D eigenvalue weighted by atomic mass is 10.1. The van der Waals surface area contributed by atoms with Gasteiger partial charge in [0.2, 0.25) is 0 Å². The molecule has 0 heterocycles.